The van der Waals surface area contributed by atoms with Crippen LogP contribution in [-0.4, -0.2) is 36.9 Å². The van der Waals surface area contributed by atoms with Crippen molar-refractivity contribution in [3.63, 3.8) is 0 Å². The predicted octanol–water partition coefficient (Wildman–Crippen LogP) is 2.18. The summed E-state index contributed by atoms with van der Waals surface area (Å²) in [7, 11) is -1.65. The summed E-state index contributed by atoms with van der Waals surface area (Å²) < 4.78 is 28.8. The van der Waals surface area contributed by atoms with Crippen molar-refractivity contribution in [3.8, 4) is 0 Å². The molecule has 0 amide bonds. The molecule has 1 saturated carbocycles. The standard InChI is InChI=1S/C15H27N3O2S/c1-4-8-16-11-14-10-15(12-18(14)9-5-2)21(19,20)17(3)13-6-7-13/h10,12-13,16H,4-9,11H2,1-3H3. The maximum absolute atomic E-state index is 12.6. The van der Waals surface area contributed by atoms with Crippen LogP contribution in [0.4, 0.5) is 0 Å². The summed E-state index contributed by atoms with van der Waals surface area (Å²) in [6.07, 6.45) is 5.82. The van der Waals surface area contributed by atoms with Crippen LogP contribution in [0.3, 0.4) is 0 Å². The Balaban J connectivity index is 2.21. The molecule has 1 aromatic rings. The molecule has 1 N–H and O–H groups in total. The van der Waals surface area contributed by atoms with E-state index in [0.29, 0.717) is 4.90 Å². The van der Waals surface area contributed by atoms with Crippen LogP contribution in [0, 0.1) is 0 Å². The van der Waals surface area contributed by atoms with Gasteiger partial charge in [-0.2, -0.15) is 4.31 Å². The first-order chi connectivity index (χ1) is 10.0. The molecule has 120 valence electrons. The number of aryl methyl sites for hydroxylation is 1. The second-order valence-corrected chi connectivity index (χ2v) is 7.79. The van der Waals surface area contributed by atoms with Crippen molar-refractivity contribution in [1.82, 2.24) is 14.2 Å². The second-order valence-electron chi connectivity index (χ2n) is 5.79. The smallest absolute Gasteiger partial charge is 0.244 e. The van der Waals surface area contributed by atoms with E-state index in [1.165, 1.54) is 4.31 Å². The molecule has 21 heavy (non-hydrogen) atoms. The Morgan fingerprint density at radius 2 is 2.05 bits per heavy atom. The molecule has 0 atom stereocenters. The third-order valence-corrected chi connectivity index (χ3v) is 5.77. The molecule has 1 heterocycles. The second kappa shape index (κ2) is 6.94. The van der Waals surface area contributed by atoms with Crippen molar-refractivity contribution < 1.29 is 8.42 Å². The molecule has 6 heteroatoms. The quantitative estimate of drug-likeness (QED) is 0.711. The van der Waals surface area contributed by atoms with Gasteiger partial charge in [0.1, 0.15) is 4.90 Å². The predicted molar refractivity (Wildman–Crippen MR) is 84.7 cm³/mol. The van der Waals surface area contributed by atoms with E-state index >= 15 is 0 Å². The molecule has 0 saturated heterocycles. The molecule has 0 spiro atoms. The van der Waals surface area contributed by atoms with Crippen molar-refractivity contribution in [3.05, 3.63) is 18.0 Å². The summed E-state index contributed by atoms with van der Waals surface area (Å²) in [6, 6.07) is 2.03. The average Bonchev–Trinajstić information content (AvgIpc) is 3.21. The Bertz CT molecular complexity index is 561. The first kappa shape index (κ1) is 16.5. The normalized spacial score (nSPS) is 15.8. The van der Waals surface area contributed by atoms with E-state index in [1.54, 1.807) is 13.2 Å². The highest BCUT2D eigenvalue weighted by Gasteiger charge is 2.35. The van der Waals surface area contributed by atoms with E-state index in [-0.39, 0.29) is 6.04 Å². The summed E-state index contributed by atoms with van der Waals surface area (Å²) in [4.78, 5) is 0.429. The Hall–Kier alpha value is -0.850. The van der Waals surface area contributed by atoms with Crippen molar-refractivity contribution >= 4 is 10.0 Å². The van der Waals surface area contributed by atoms with Crippen LogP contribution >= 0.6 is 0 Å². The minimum Gasteiger partial charge on any atom is -0.349 e. The number of sulfonamides is 1. The van der Waals surface area contributed by atoms with Crippen LogP contribution in [0.1, 0.15) is 45.2 Å². The SMILES string of the molecule is CCCNCc1cc(S(=O)(=O)N(C)C2CC2)cn1CCC. The van der Waals surface area contributed by atoms with Gasteiger partial charge in [-0.3, -0.25) is 0 Å². The van der Waals surface area contributed by atoms with E-state index in [1.807, 2.05) is 6.07 Å². The van der Waals surface area contributed by atoms with Crippen LogP contribution in [0.15, 0.2) is 17.2 Å². The van der Waals surface area contributed by atoms with Crippen LogP contribution in [0.25, 0.3) is 0 Å². The summed E-state index contributed by atoms with van der Waals surface area (Å²) >= 11 is 0. The number of nitrogens with one attached hydrogen (secondary N) is 1. The molecular weight excluding hydrogens is 286 g/mol. The number of hydrogen-bond acceptors (Lipinski definition) is 3. The van der Waals surface area contributed by atoms with E-state index in [0.717, 1.165) is 51.0 Å². The van der Waals surface area contributed by atoms with Gasteiger partial charge in [0.15, 0.2) is 0 Å². The third-order valence-electron chi connectivity index (χ3n) is 3.90. The molecular formula is C15H27N3O2S. The van der Waals surface area contributed by atoms with Gasteiger partial charge < -0.3 is 9.88 Å². The Morgan fingerprint density at radius 3 is 2.62 bits per heavy atom. The molecule has 2 rings (SSSR count). The molecule has 0 aromatic carbocycles. The molecule has 5 nitrogen and oxygen atoms in total. The van der Waals surface area contributed by atoms with Crippen molar-refractivity contribution in [2.75, 3.05) is 13.6 Å². The van der Waals surface area contributed by atoms with Gasteiger partial charge in [0, 0.05) is 38.1 Å². The highest BCUT2D eigenvalue weighted by molar-refractivity contribution is 7.89. The molecule has 1 aliphatic carbocycles. The summed E-state index contributed by atoms with van der Waals surface area (Å²) in [5.41, 5.74) is 1.05. The Labute approximate surface area is 128 Å². The van der Waals surface area contributed by atoms with Crippen molar-refractivity contribution in [1.29, 1.82) is 0 Å². The van der Waals surface area contributed by atoms with Crippen molar-refractivity contribution in [2.24, 2.45) is 0 Å². The largest absolute Gasteiger partial charge is 0.349 e. The fourth-order valence-corrected chi connectivity index (χ4v) is 3.94. The minimum atomic E-state index is -3.34. The van der Waals surface area contributed by atoms with Crippen LogP contribution in [0.5, 0.6) is 0 Å². The van der Waals surface area contributed by atoms with Crippen LogP contribution < -0.4 is 5.32 Å². The maximum Gasteiger partial charge on any atom is 0.244 e. The Morgan fingerprint density at radius 1 is 1.33 bits per heavy atom. The number of hydrogen-bond donors (Lipinski definition) is 1. The molecule has 1 aliphatic rings. The molecule has 0 bridgehead atoms. The fourth-order valence-electron chi connectivity index (χ4n) is 2.46. The van der Waals surface area contributed by atoms with E-state index in [2.05, 4.69) is 23.7 Å². The highest BCUT2D eigenvalue weighted by atomic mass is 32.2. The van der Waals surface area contributed by atoms with Gasteiger partial charge in [-0.15, -0.1) is 0 Å². The molecule has 1 fully saturated rings. The lowest BCUT2D eigenvalue weighted by Crippen LogP contribution is -2.28. The monoisotopic (exact) mass is 313 g/mol. The van der Waals surface area contributed by atoms with E-state index in [4.69, 9.17) is 0 Å². The molecule has 0 aliphatic heterocycles. The fraction of sp³-hybridized carbons (Fsp3) is 0.733. The van der Waals surface area contributed by atoms with Gasteiger partial charge >= 0.3 is 0 Å². The zero-order valence-electron chi connectivity index (χ0n) is 13.3. The maximum atomic E-state index is 12.6. The van der Waals surface area contributed by atoms with Crippen molar-refractivity contribution in [2.45, 2.75) is 63.6 Å². The highest BCUT2D eigenvalue weighted by Crippen LogP contribution is 2.31. The Kier molecular flexibility index (Phi) is 5.46. The topological polar surface area (TPSA) is 54.3 Å². The number of rotatable bonds is 9. The van der Waals surface area contributed by atoms with Crippen LogP contribution in [-0.2, 0) is 23.1 Å². The van der Waals surface area contributed by atoms with Crippen LogP contribution in [0.2, 0.25) is 0 Å². The van der Waals surface area contributed by atoms with Gasteiger partial charge in [-0.25, -0.2) is 8.42 Å². The summed E-state index contributed by atoms with van der Waals surface area (Å²) in [5, 5.41) is 3.35. The third kappa shape index (κ3) is 3.87. The van der Waals surface area contributed by atoms with Gasteiger partial charge in [-0.1, -0.05) is 13.8 Å². The lowest BCUT2D eigenvalue weighted by atomic mass is 10.4. The van der Waals surface area contributed by atoms with Gasteiger partial charge in [0.05, 0.1) is 0 Å². The summed E-state index contributed by atoms with van der Waals surface area (Å²) in [6.45, 7) is 6.75. The lowest BCUT2D eigenvalue weighted by Gasteiger charge is -2.14. The van der Waals surface area contributed by atoms with E-state index < -0.39 is 10.0 Å². The van der Waals surface area contributed by atoms with Gasteiger partial charge in [-0.05, 0) is 38.3 Å². The molecule has 0 unspecified atom stereocenters. The molecule has 0 radical (unpaired) electrons. The molecule has 1 aromatic heterocycles. The first-order valence-corrected chi connectivity index (χ1v) is 9.32. The first-order valence-electron chi connectivity index (χ1n) is 7.88. The van der Waals surface area contributed by atoms with E-state index in [9.17, 15) is 8.42 Å². The average molecular weight is 313 g/mol. The zero-order valence-corrected chi connectivity index (χ0v) is 14.1. The summed E-state index contributed by atoms with van der Waals surface area (Å²) in [5.74, 6) is 0. The number of aromatic nitrogens is 1. The van der Waals surface area contributed by atoms with Gasteiger partial charge in [0.25, 0.3) is 0 Å². The minimum absolute atomic E-state index is 0.200. The lowest BCUT2D eigenvalue weighted by molar-refractivity contribution is 0.464. The zero-order chi connectivity index (χ0) is 15.5. The number of nitrogens with zero attached hydrogens (tertiary/aromatic N) is 2. The van der Waals surface area contributed by atoms with Gasteiger partial charge in [0.2, 0.25) is 10.0 Å².